The Balaban J connectivity index is 1.64. The molecule has 0 saturated carbocycles. The van der Waals surface area contributed by atoms with Gasteiger partial charge in [0.1, 0.15) is 0 Å². The van der Waals surface area contributed by atoms with E-state index < -0.39 is 0 Å². The van der Waals surface area contributed by atoms with Crippen LogP contribution >= 0.6 is 0 Å². The van der Waals surface area contributed by atoms with E-state index in [1.807, 2.05) is 30.3 Å². The van der Waals surface area contributed by atoms with Crippen molar-refractivity contribution in [2.75, 3.05) is 19.7 Å². The molecular weight excluding hydrogens is 226 g/mol. The third-order valence-electron chi connectivity index (χ3n) is 3.56. The Morgan fingerprint density at radius 1 is 1.39 bits per heavy atom. The molecule has 0 radical (unpaired) electrons. The zero-order valence-electron chi connectivity index (χ0n) is 11.1. The van der Waals surface area contributed by atoms with Gasteiger partial charge in [0.2, 0.25) is 0 Å². The largest absolute Gasteiger partial charge is 0.389 e. The van der Waals surface area contributed by atoms with E-state index in [9.17, 15) is 5.11 Å². The van der Waals surface area contributed by atoms with Crippen LogP contribution in [0.4, 0.5) is 0 Å². The molecule has 100 valence electrons. The Kier molecular flexibility index (Phi) is 5.17. The highest BCUT2D eigenvalue weighted by Gasteiger charge is 2.22. The third kappa shape index (κ3) is 4.09. The summed E-state index contributed by atoms with van der Waals surface area (Å²) >= 11 is 0. The van der Waals surface area contributed by atoms with Crippen LogP contribution in [0.25, 0.3) is 0 Å². The monoisotopic (exact) mass is 249 g/mol. The van der Waals surface area contributed by atoms with Crippen molar-refractivity contribution in [3.63, 3.8) is 0 Å². The SMILES string of the molecule is CC1CCCN1CC(O)COCc1ccccc1. The molecule has 3 heteroatoms. The number of benzene rings is 1. The molecule has 1 fully saturated rings. The summed E-state index contributed by atoms with van der Waals surface area (Å²) in [4.78, 5) is 2.34. The number of ether oxygens (including phenoxy) is 1. The van der Waals surface area contributed by atoms with Crippen molar-refractivity contribution < 1.29 is 9.84 Å². The van der Waals surface area contributed by atoms with Gasteiger partial charge in [0.25, 0.3) is 0 Å². The van der Waals surface area contributed by atoms with Gasteiger partial charge in [0, 0.05) is 12.6 Å². The molecule has 3 nitrogen and oxygen atoms in total. The molecule has 0 aliphatic carbocycles. The first-order valence-corrected chi connectivity index (χ1v) is 6.79. The average molecular weight is 249 g/mol. The van der Waals surface area contributed by atoms with Crippen molar-refractivity contribution >= 4 is 0 Å². The third-order valence-corrected chi connectivity index (χ3v) is 3.56. The molecule has 2 atom stereocenters. The molecule has 0 aromatic heterocycles. The summed E-state index contributed by atoms with van der Waals surface area (Å²) in [6.45, 7) is 5.06. The zero-order chi connectivity index (χ0) is 12.8. The van der Waals surface area contributed by atoms with Crippen molar-refractivity contribution in [2.24, 2.45) is 0 Å². The molecule has 18 heavy (non-hydrogen) atoms. The molecule has 0 bridgehead atoms. The Bertz CT molecular complexity index is 342. The molecule has 0 amide bonds. The summed E-state index contributed by atoms with van der Waals surface area (Å²) in [5, 5.41) is 9.94. The first-order chi connectivity index (χ1) is 8.75. The molecule has 1 aromatic rings. The lowest BCUT2D eigenvalue weighted by Gasteiger charge is -2.23. The Hall–Kier alpha value is -0.900. The number of likely N-dealkylation sites (tertiary alicyclic amines) is 1. The predicted octanol–water partition coefficient (Wildman–Crippen LogP) is 2.05. The first-order valence-electron chi connectivity index (χ1n) is 6.79. The summed E-state index contributed by atoms with van der Waals surface area (Å²) in [5.41, 5.74) is 1.15. The highest BCUT2D eigenvalue weighted by molar-refractivity contribution is 5.13. The van der Waals surface area contributed by atoms with Crippen molar-refractivity contribution in [3.05, 3.63) is 35.9 Å². The first kappa shape index (κ1) is 13.5. The lowest BCUT2D eigenvalue weighted by molar-refractivity contribution is 0.00888. The molecule has 0 spiro atoms. The van der Waals surface area contributed by atoms with E-state index >= 15 is 0 Å². The van der Waals surface area contributed by atoms with E-state index in [1.165, 1.54) is 12.8 Å². The molecule has 1 saturated heterocycles. The number of aliphatic hydroxyl groups is 1. The van der Waals surface area contributed by atoms with Crippen LogP contribution in [0.1, 0.15) is 25.3 Å². The van der Waals surface area contributed by atoms with E-state index in [1.54, 1.807) is 0 Å². The van der Waals surface area contributed by atoms with Gasteiger partial charge >= 0.3 is 0 Å². The molecular formula is C15H23NO2. The van der Waals surface area contributed by atoms with Crippen molar-refractivity contribution in [2.45, 2.75) is 38.5 Å². The van der Waals surface area contributed by atoms with Crippen LogP contribution in [0.5, 0.6) is 0 Å². The van der Waals surface area contributed by atoms with Gasteiger partial charge in [-0.3, -0.25) is 4.90 Å². The van der Waals surface area contributed by atoms with Crippen molar-refractivity contribution in [1.29, 1.82) is 0 Å². The summed E-state index contributed by atoms with van der Waals surface area (Å²) in [5.74, 6) is 0. The number of hydrogen-bond donors (Lipinski definition) is 1. The minimum atomic E-state index is -0.380. The van der Waals surface area contributed by atoms with Crippen LogP contribution in [0.2, 0.25) is 0 Å². The second kappa shape index (κ2) is 6.88. The summed E-state index contributed by atoms with van der Waals surface area (Å²) in [6.07, 6.45) is 2.12. The molecule has 2 rings (SSSR count). The highest BCUT2D eigenvalue weighted by Crippen LogP contribution is 2.16. The number of β-amino-alcohol motifs (C(OH)–C–C–N with tert-alkyl or cyclic N) is 1. The van der Waals surface area contributed by atoms with Crippen LogP contribution in [-0.2, 0) is 11.3 Å². The minimum absolute atomic E-state index is 0.380. The zero-order valence-corrected chi connectivity index (χ0v) is 11.1. The van der Waals surface area contributed by atoms with E-state index in [4.69, 9.17) is 4.74 Å². The van der Waals surface area contributed by atoms with Crippen LogP contribution < -0.4 is 0 Å². The fraction of sp³-hybridized carbons (Fsp3) is 0.600. The topological polar surface area (TPSA) is 32.7 Å². The van der Waals surface area contributed by atoms with Gasteiger partial charge in [-0.15, -0.1) is 0 Å². The van der Waals surface area contributed by atoms with Crippen molar-refractivity contribution in [3.8, 4) is 0 Å². The van der Waals surface area contributed by atoms with Crippen LogP contribution in [0.15, 0.2) is 30.3 Å². The second-order valence-electron chi connectivity index (χ2n) is 5.14. The Morgan fingerprint density at radius 2 is 2.17 bits per heavy atom. The maximum absolute atomic E-state index is 9.94. The molecule has 1 aliphatic rings. The van der Waals surface area contributed by atoms with Crippen LogP contribution in [-0.4, -0.2) is 41.8 Å². The molecule has 1 aliphatic heterocycles. The highest BCUT2D eigenvalue weighted by atomic mass is 16.5. The van der Waals surface area contributed by atoms with Crippen LogP contribution in [0.3, 0.4) is 0 Å². The summed E-state index contributed by atoms with van der Waals surface area (Å²) in [7, 11) is 0. The molecule has 1 heterocycles. The van der Waals surface area contributed by atoms with Gasteiger partial charge in [-0.1, -0.05) is 30.3 Å². The van der Waals surface area contributed by atoms with Gasteiger partial charge in [-0.05, 0) is 31.9 Å². The maximum Gasteiger partial charge on any atom is 0.0900 e. The quantitative estimate of drug-likeness (QED) is 0.837. The Labute approximate surface area is 109 Å². The van der Waals surface area contributed by atoms with Gasteiger partial charge in [-0.2, -0.15) is 0 Å². The van der Waals surface area contributed by atoms with E-state index in [0.717, 1.165) is 18.7 Å². The average Bonchev–Trinajstić information content (AvgIpc) is 2.76. The molecule has 1 N–H and O–H groups in total. The van der Waals surface area contributed by atoms with E-state index in [2.05, 4.69) is 11.8 Å². The van der Waals surface area contributed by atoms with E-state index in [-0.39, 0.29) is 6.10 Å². The minimum Gasteiger partial charge on any atom is -0.389 e. The standard InChI is InChI=1S/C15H23NO2/c1-13-6-5-9-16(13)10-15(17)12-18-11-14-7-3-2-4-8-14/h2-4,7-8,13,15,17H,5-6,9-12H2,1H3. The smallest absolute Gasteiger partial charge is 0.0900 e. The van der Waals surface area contributed by atoms with Crippen LogP contribution in [0, 0.1) is 0 Å². The lowest BCUT2D eigenvalue weighted by atomic mass is 10.2. The number of nitrogens with zero attached hydrogens (tertiary/aromatic N) is 1. The van der Waals surface area contributed by atoms with Gasteiger partial charge < -0.3 is 9.84 Å². The van der Waals surface area contributed by atoms with Gasteiger partial charge in [0.05, 0.1) is 19.3 Å². The maximum atomic E-state index is 9.94. The molecule has 2 unspecified atom stereocenters. The van der Waals surface area contributed by atoms with Crippen molar-refractivity contribution in [1.82, 2.24) is 4.90 Å². The second-order valence-corrected chi connectivity index (χ2v) is 5.14. The fourth-order valence-electron chi connectivity index (χ4n) is 2.47. The number of rotatable bonds is 6. The fourth-order valence-corrected chi connectivity index (χ4v) is 2.47. The normalized spacial score (nSPS) is 22.2. The van der Waals surface area contributed by atoms with E-state index in [0.29, 0.717) is 19.3 Å². The van der Waals surface area contributed by atoms with Gasteiger partial charge in [-0.25, -0.2) is 0 Å². The van der Waals surface area contributed by atoms with Gasteiger partial charge in [0.15, 0.2) is 0 Å². The number of hydrogen-bond acceptors (Lipinski definition) is 3. The summed E-state index contributed by atoms with van der Waals surface area (Å²) < 4.78 is 5.55. The summed E-state index contributed by atoms with van der Waals surface area (Å²) in [6, 6.07) is 10.7. The number of aliphatic hydroxyl groups excluding tert-OH is 1. The molecule has 1 aromatic carbocycles. The lowest BCUT2D eigenvalue weighted by Crippen LogP contribution is -2.36. The Morgan fingerprint density at radius 3 is 2.83 bits per heavy atom. The predicted molar refractivity (Wildman–Crippen MR) is 72.4 cm³/mol.